The maximum atomic E-state index is 5.49. The van der Waals surface area contributed by atoms with Crippen LogP contribution in [0.3, 0.4) is 0 Å². The Morgan fingerprint density at radius 3 is 2.80 bits per heavy atom. The average Bonchev–Trinajstić information content (AvgIpc) is 2.64. The van der Waals surface area contributed by atoms with Crippen LogP contribution in [0.1, 0.15) is 24.4 Å². The smallest absolute Gasteiger partial charge is 0.118 e. The lowest BCUT2D eigenvalue weighted by molar-refractivity contribution is 0.0165. The van der Waals surface area contributed by atoms with Gasteiger partial charge in [0.05, 0.1) is 19.2 Å². The van der Waals surface area contributed by atoms with E-state index in [2.05, 4.69) is 5.32 Å². The van der Waals surface area contributed by atoms with Gasteiger partial charge < -0.3 is 20.2 Å². The van der Waals surface area contributed by atoms with Crippen molar-refractivity contribution >= 4 is 0 Å². The topological polar surface area (TPSA) is 60.4 Å². The molecular weight excluding hydrogens is 192 g/mol. The zero-order valence-corrected chi connectivity index (χ0v) is 9.03. The summed E-state index contributed by atoms with van der Waals surface area (Å²) >= 11 is 0. The van der Waals surface area contributed by atoms with Gasteiger partial charge in [-0.15, -0.1) is 0 Å². The van der Waals surface area contributed by atoms with Crippen LogP contribution in [-0.4, -0.2) is 19.3 Å². The summed E-state index contributed by atoms with van der Waals surface area (Å²) in [6, 6.07) is 4.47. The molecule has 0 unspecified atom stereocenters. The summed E-state index contributed by atoms with van der Waals surface area (Å²) in [7, 11) is 1.76. The van der Waals surface area contributed by atoms with Crippen molar-refractivity contribution in [3.8, 4) is 0 Å². The van der Waals surface area contributed by atoms with E-state index in [1.807, 2.05) is 12.1 Å². The molecule has 1 fully saturated rings. The van der Waals surface area contributed by atoms with Gasteiger partial charge in [0.1, 0.15) is 11.5 Å². The number of methoxy groups -OCH3 is 1. The molecule has 4 heteroatoms. The average molecular weight is 210 g/mol. The molecule has 2 rings (SSSR count). The van der Waals surface area contributed by atoms with Gasteiger partial charge >= 0.3 is 0 Å². The SMILES string of the molecule is COC1CC(NCc2ccc(CN)o2)C1. The van der Waals surface area contributed by atoms with Crippen LogP contribution in [0.25, 0.3) is 0 Å². The first kappa shape index (κ1) is 10.7. The zero-order valence-electron chi connectivity index (χ0n) is 9.03. The maximum absolute atomic E-state index is 5.49. The lowest BCUT2D eigenvalue weighted by atomic mass is 9.89. The molecule has 1 aliphatic rings. The van der Waals surface area contributed by atoms with Gasteiger partial charge in [0.25, 0.3) is 0 Å². The molecule has 0 radical (unpaired) electrons. The van der Waals surface area contributed by atoms with Crippen molar-refractivity contribution in [2.75, 3.05) is 7.11 Å². The van der Waals surface area contributed by atoms with Gasteiger partial charge in [0, 0.05) is 13.2 Å². The molecule has 1 aromatic heterocycles. The molecule has 15 heavy (non-hydrogen) atoms. The summed E-state index contributed by atoms with van der Waals surface area (Å²) in [5.74, 6) is 1.80. The van der Waals surface area contributed by atoms with E-state index in [0.29, 0.717) is 18.7 Å². The highest BCUT2D eigenvalue weighted by molar-refractivity contribution is 5.07. The highest BCUT2D eigenvalue weighted by Crippen LogP contribution is 2.22. The standard InChI is InChI=1S/C11H18N2O2/c1-14-11-4-8(5-11)13-7-10-3-2-9(6-12)15-10/h2-3,8,11,13H,4-7,12H2,1H3. The van der Waals surface area contributed by atoms with E-state index in [9.17, 15) is 0 Å². The first-order valence-electron chi connectivity index (χ1n) is 5.35. The molecule has 84 valence electrons. The Morgan fingerprint density at radius 2 is 2.20 bits per heavy atom. The van der Waals surface area contributed by atoms with Crippen LogP contribution in [-0.2, 0) is 17.8 Å². The third-order valence-corrected chi connectivity index (χ3v) is 2.91. The maximum Gasteiger partial charge on any atom is 0.118 e. The minimum atomic E-state index is 0.443. The number of nitrogens with one attached hydrogen (secondary N) is 1. The summed E-state index contributed by atoms with van der Waals surface area (Å²) < 4.78 is 10.7. The molecule has 1 heterocycles. The van der Waals surface area contributed by atoms with Crippen molar-refractivity contribution in [1.29, 1.82) is 0 Å². The fourth-order valence-corrected chi connectivity index (χ4v) is 1.80. The van der Waals surface area contributed by atoms with Crippen molar-refractivity contribution < 1.29 is 9.15 Å². The molecule has 1 aliphatic carbocycles. The molecule has 1 saturated carbocycles. The van der Waals surface area contributed by atoms with Crippen LogP contribution in [0, 0.1) is 0 Å². The number of rotatable bonds is 5. The normalized spacial score (nSPS) is 25.2. The third-order valence-electron chi connectivity index (χ3n) is 2.91. The van der Waals surface area contributed by atoms with Crippen LogP contribution in [0.15, 0.2) is 16.5 Å². The fourth-order valence-electron chi connectivity index (χ4n) is 1.80. The van der Waals surface area contributed by atoms with Crippen LogP contribution in [0.2, 0.25) is 0 Å². The van der Waals surface area contributed by atoms with Gasteiger partial charge in [-0.25, -0.2) is 0 Å². The Kier molecular flexibility index (Phi) is 3.41. The minimum Gasteiger partial charge on any atom is -0.463 e. The Balaban J connectivity index is 1.70. The summed E-state index contributed by atoms with van der Waals surface area (Å²) in [5.41, 5.74) is 5.46. The van der Waals surface area contributed by atoms with Gasteiger partial charge in [-0.3, -0.25) is 0 Å². The van der Waals surface area contributed by atoms with Gasteiger partial charge in [-0.2, -0.15) is 0 Å². The van der Waals surface area contributed by atoms with Crippen LogP contribution >= 0.6 is 0 Å². The van der Waals surface area contributed by atoms with Crippen molar-refractivity contribution in [2.24, 2.45) is 5.73 Å². The zero-order chi connectivity index (χ0) is 10.7. The number of ether oxygens (including phenoxy) is 1. The number of hydrogen-bond acceptors (Lipinski definition) is 4. The second-order valence-corrected chi connectivity index (χ2v) is 3.98. The van der Waals surface area contributed by atoms with E-state index in [1.54, 1.807) is 7.11 Å². The summed E-state index contributed by atoms with van der Waals surface area (Å²) in [4.78, 5) is 0. The van der Waals surface area contributed by atoms with Crippen LogP contribution in [0.4, 0.5) is 0 Å². The highest BCUT2D eigenvalue weighted by Gasteiger charge is 2.28. The van der Waals surface area contributed by atoms with Crippen molar-refractivity contribution in [2.45, 2.75) is 38.1 Å². The second kappa shape index (κ2) is 4.79. The molecule has 0 aromatic carbocycles. The second-order valence-electron chi connectivity index (χ2n) is 3.98. The highest BCUT2D eigenvalue weighted by atomic mass is 16.5. The van der Waals surface area contributed by atoms with Gasteiger partial charge in [0.2, 0.25) is 0 Å². The fraction of sp³-hybridized carbons (Fsp3) is 0.636. The quantitative estimate of drug-likeness (QED) is 0.761. The van der Waals surface area contributed by atoms with E-state index >= 15 is 0 Å². The molecule has 0 saturated heterocycles. The lowest BCUT2D eigenvalue weighted by Gasteiger charge is -2.34. The molecular formula is C11H18N2O2. The molecule has 4 nitrogen and oxygen atoms in total. The Bertz CT molecular complexity index is 305. The monoisotopic (exact) mass is 210 g/mol. The number of nitrogens with two attached hydrogens (primary N) is 1. The third kappa shape index (κ3) is 2.59. The van der Waals surface area contributed by atoms with E-state index in [1.165, 1.54) is 0 Å². The largest absolute Gasteiger partial charge is 0.463 e. The van der Waals surface area contributed by atoms with Crippen molar-refractivity contribution in [1.82, 2.24) is 5.32 Å². The molecule has 0 amide bonds. The molecule has 3 N–H and O–H groups in total. The van der Waals surface area contributed by atoms with E-state index in [0.717, 1.165) is 30.9 Å². The molecule has 0 atom stereocenters. The van der Waals surface area contributed by atoms with Crippen molar-refractivity contribution in [3.63, 3.8) is 0 Å². The first-order chi connectivity index (χ1) is 7.31. The van der Waals surface area contributed by atoms with E-state index in [-0.39, 0.29) is 0 Å². The predicted molar refractivity (Wildman–Crippen MR) is 57.3 cm³/mol. The Morgan fingerprint density at radius 1 is 1.47 bits per heavy atom. The van der Waals surface area contributed by atoms with E-state index < -0.39 is 0 Å². The predicted octanol–water partition coefficient (Wildman–Crippen LogP) is 1.01. The first-order valence-corrected chi connectivity index (χ1v) is 5.35. The minimum absolute atomic E-state index is 0.443. The Labute approximate surface area is 89.8 Å². The molecule has 0 bridgehead atoms. The Hall–Kier alpha value is -0.840. The summed E-state index contributed by atoms with van der Waals surface area (Å²) in [6.07, 6.45) is 2.64. The lowest BCUT2D eigenvalue weighted by Crippen LogP contribution is -2.44. The van der Waals surface area contributed by atoms with Crippen LogP contribution in [0.5, 0.6) is 0 Å². The number of hydrogen-bond donors (Lipinski definition) is 2. The molecule has 0 spiro atoms. The van der Waals surface area contributed by atoms with Crippen molar-refractivity contribution in [3.05, 3.63) is 23.7 Å². The molecule has 1 aromatic rings. The van der Waals surface area contributed by atoms with Gasteiger partial charge in [-0.1, -0.05) is 0 Å². The van der Waals surface area contributed by atoms with Gasteiger partial charge in [0.15, 0.2) is 0 Å². The number of furan rings is 1. The summed E-state index contributed by atoms with van der Waals surface area (Å²) in [5, 5.41) is 3.42. The van der Waals surface area contributed by atoms with E-state index in [4.69, 9.17) is 14.9 Å². The summed E-state index contributed by atoms with van der Waals surface area (Å²) in [6.45, 7) is 1.25. The van der Waals surface area contributed by atoms with Crippen LogP contribution < -0.4 is 11.1 Å². The van der Waals surface area contributed by atoms with Gasteiger partial charge in [-0.05, 0) is 25.0 Å². The molecule has 0 aliphatic heterocycles.